The maximum atomic E-state index is 14.4. The van der Waals surface area contributed by atoms with Gasteiger partial charge in [0.1, 0.15) is 29.9 Å². The summed E-state index contributed by atoms with van der Waals surface area (Å²) in [5.41, 5.74) is 0.829. The molecule has 15 nitrogen and oxygen atoms in total. The number of hydrogen-bond acceptors (Lipinski definition) is 9. The van der Waals surface area contributed by atoms with Crippen LogP contribution in [0.15, 0.2) is 41.1 Å². The molecule has 5 atom stereocenters. The van der Waals surface area contributed by atoms with Crippen LogP contribution >= 0.6 is 0 Å². The van der Waals surface area contributed by atoms with Crippen LogP contribution in [0.2, 0.25) is 0 Å². The van der Waals surface area contributed by atoms with Crippen molar-refractivity contribution >= 4 is 35.4 Å². The highest BCUT2D eigenvalue weighted by Crippen LogP contribution is 2.23. The summed E-state index contributed by atoms with van der Waals surface area (Å²) in [5.74, 6) is -3.60. The number of carbonyl (C=O) groups excluding carboxylic acids is 6. The molecule has 0 aliphatic carbocycles. The van der Waals surface area contributed by atoms with E-state index in [2.05, 4.69) is 26.3 Å². The Labute approximate surface area is 279 Å². The van der Waals surface area contributed by atoms with Gasteiger partial charge in [-0.15, -0.1) is 0 Å². The molecule has 3 heterocycles. The van der Waals surface area contributed by atoms with Crippen LogP contribution in [0.25, 0.3) is 0 Å². The Morgan fingerprint density at radius 3 is 2.31 bits per heavy atom. The van der Waals surface area contributed by atoms with Crippen LogP contribution in [-0.2, 0) is 30.4 Å². The number of aliphatic hydroxyl groups excluding tert-OH is 1. The predicted molar refractivity (Wildman–Crippen MR) is 172 cm³/mol. The first kappa shape index (κ1) is 36.1. The molecule has 2 aliphatic heterocycles. The van der Waals surface area contributed by atoms with Crippen molar-refractivity contribution < 1.29 is 38.3 Å². The van der Waals surface area contributed by atoms with Crippen LogP contribution in [0.5, 0.6) is 0 Å². The van der Waals surface area contributed by atoms with Crippen LogP contribution in [0.1, 0.15) is 68.3 Å². The maximum absolute atomic E-state index is 14.4. The van der Waals surface area contributed by atoms with Crippen molar-refractivity contribution in [3.05, 3.63) is 53.7 Å². The van der Waals surface area contributed by atoms with Gasteiger partial charge in [-0.05, 0) is 24.3 Å². The van der Waals surface area contributed by atoms with Crippen LogP contribution in [0.3, 0.4) is 0 Å². The first-order valence-electron chi connectivity index (χ1n) is 16.1. The van der Waals surface area contributed by atoms with E-state index in [1.54, 1.807) is 24.3 Å². The van der Waals surface area contributed by atoms with Gasteiger partial charge in [0.15, 0.2) is 12.1 Å². The van der Waals surface area contributed by atoms with Crippen molar-refractivity contribution in [1.82, 2.24) is 36.1 Å². The van der Waals surface area contributed by atoms with Gasteiger partial charge in [-0.3, -0.25) is 28.8 Å². The summed E-state index contributed by atoms with van der Waals surface area (Å²) in [7, 11) is 1.34. The number of hydrogen-bond donors (Lipinski definition) is 5. The van der Waals surface area contributed by atoms with Gasteiger partial charge in [0.2, 0.25) is 29.5 Å². The van der Waals surface area contributed by atoms with E-state index >= 15 is 0 Å². The molecular weight excluding hydrogens is 622 g/mol. The van der Waals surface area contributed by atoms with Crippen LogP contribution in [0, 0.1) is 5.92 Å². The van der Waals surface area contributed by atoms with Crippen molar-refractivity contribution in [3.8, 4) is 0 Å². The molecule has 0 spiro atoms. The van der Waals surface area contributed by atoms with Crippen molar-refractivity contribution in [2.45, 2.75) is 83.1 Å². The van der Waals surface area contributed by atoms with Gasteiger partial charge >= 0.3 is 0 Å². The van der Waals surface area contributed by atoms with Crippen molar-refractivity contribution in [2.24, 2.45) is 5.92 Å². The number of likely N-dealkylation sites (N-methyl/N-ethyl adjacent to an activating group) is 1. The summed E-state index contributed by atoms with van der Waals surface area (Å²) < 4.78 is 5.39. The topological polar surface area (TPSA) is 203 Å². The number of fused-ring (bicyclic) bond motifs is 1. The van der Waals surface area contributed by atoms with Crippen LogP contribution in [-0.4, -0.2) is 112 Å². The van der Waals surface area contributed by atoms with Gasteiger partial charge < -0.3 is 40.6 Å². The molecule has 2 aromatic rings. The third-order valence-corrected chi connectivity index (χ3v) is 8.37. The molecule has 1 aromatic heterocycles. The predicted octanol–water partition coefficient (Wildman–Crippen LogP) is -0.295. The molecule has 0 unspecified atom stereocenters. The Morgan fingerprint density at radius 1 is 0.979 bits per heavy atom. The highest BCUT2D eigenvalue weighted by Gasteiger charge is 2.44. The van der Waals surface area contributed by atoms with E-state index in [1.807, 2.05) is 33.8 Å². The molecule has 6 amide bonds. The summed E-state index contributed by atoms with van der Waals surface area (Å²) in [5, 5.41) is 20.9. The molecule has 2 aliphatic rings. The van der Waals surface area contributed by atoms with E-state index in [0.29, 0.717) is 5.76 Å². The highest BCUT2D eigenvalue weighted by atomic mass is 16.3. The smallest absolute Gasteiger partial charge is 0.273 e. The molecule has 5 N–H and O–H groups in total. The fourth-order valence-corrected chi connectivity index (χ4v) is 6.00. The maximum Gasteiger partial charge on any atom is 0.273 e. The number of rotatable bonds is 8. The van der Waals surface area contributed by atoms with E-state index in [9.17, 15) is 33.9 Å². The number of amides is 6. The van der Waals surface area contributed by atoms with Crippen LogP contribution < -0.4 is 21.3 Å². The molecule has 0 bridgehead atoms. The number of aromatic nitrogens is 1. The monoisotopic (exact) mass is 667 g/mol. The van der Waals surface area contributed by atoms with E-state index in [1.165, 1.54) is 18.3 Å². The zero-order valence-corrected chi connectivity index (χ0v) is 27.9. The molecule has 2 fully saturated rings. The SMILES string of the molecule is CC(C)C[C@@H]1NC(=O)CN(C)C(=O)[C@H](CO)NC(=O)[C@@H]2C[C@H](NC(=O)c3ncoc3C(C)C)CN2C(=O)[C@H](Cc2ccccc2)NC1=O. The lowest BCUT2D eigenvalue weighted by Crippen LogP contribution is -2.58. The number of oxazole rings is 1. The van der Waals surface area contributed by atoms with E-state index in [0.717, 1.165) is 10.5 Å². The van der Waals surface area contributed by atoms with E-state index in [-0.39, 0.29) is 43.3 Å². The zero-order chi connectivity index (χ0) is 35.1. The molecule has 260 valence electrons. The van der Waals surface area contributed by atoms with Gasteiger partial charge in [0, 0.05) is 32.0 Å². The normalized spacial score (nSPS) is 24.5. The fraction of sp³-hybridized carbons (Fsp3) is 0.545. The third-order valence-electron chi connectivity index (χ3n) is 8.37. The third kappa shape index (κ3) is 8.76. The number of carbonyl (C=O) groups is 6. The van der Waals surface area contributed by atoms with Crippen molar-refractivity contribution in [2.75, 3.05) is 26.7 Å². The van der Waals surface area contributed by atoms with Crippen molar-refractivity contribution in [3.63, 3.8) is 0 Å². The average Bonchev–Trinajstić information content (AvgIpc) is 3.70. The summed E-state index contributed by atoms with van der Waals surface area (Å²) in [4.78, 5) is 87.8. The molecule has 48 heavy (non-hydrogen) atoms. The van der Waals surface area contributed by atoms with Gasteiger partial charge in [-0.1, -0.05) is 58.0 Å². The van der Waals surface area contributed by atoms with E-state index in [4.69, 9.17) is 4.42 Å². The minimum Gasteiger partial charge on any atom is -0.447 e. The number of nitrogens with one attached hydrogen (secondary N) is 4. The van der Waals surface area contributed by atoms with Gasteiger partial charge in [-0.25, -0.2) is 4.98 Å². The lowest BCUT2D eigenvalue weighted by molar-refractivity contribution is -0.143. The Hall–Kier alpha value is -4.79. The van der Waals surface area contributed by atoms with Gasteiger partial charge in [0.25, 0.3) is 5.91 Å². The number of aliphatic hydroxyl groups is 1. The first-order valence-corrected chi connectivity index (χ1v) is 16.1. The minimum atomic E-state index is -1.42. The lowest BCUT2D eigenvalue weighted by atomic mass is 10.0. The second kappa shape index (κ2) is 15.9. The zero-order valence-electron chi connectivity index (χ0n) is 27.9. The second-order valence-electron chi connectivity index (χ2n) is 13.1. The average molecular weight is 668 g/mol. The molecule has 0 radical (unpaired) electrons. The minimum absolute atomic E-state index is 0.0142. The van der Waals surface area contributed by atoms with Gasteiger partial charge in [0.05, 0.1) is 13.2 Å². The Bertz CT molecular complexity index is 1490. The first-order chi connectivity index (χ1) is 22.8. The van der Waals surface area contributed by atoms with Gasteiger partial charge in [-0.2, -0.15) is 0 Å². The summed E-state index contributed by atoms with van der Waals surface area (Å²) in [6, 6.07) is 3.54. The Balaban J connectivity index is 1.72. The largest absolute Gasteiger partial charge is 0.447 e. The molecule has 0 saturated carbocycles. The molecule has 2 saturated heterocycles. The Kier molecular flexibility index (Phi) is 11.9. The van der Waals surface area contributed by atoms with Crippen molar-refractivity contribution in [1.29, 1.82) is 0 Å². The fourth-order valence-electron chi connectivity index (χ4n) is 6.00. The Morgan fingerprint density at radius 2 is 1.67 bits per heavy atom. The lowest BCUT2D eigenvalue weighted by Gasteiger charge is -2.30. The second-order valence-corrected chi connectivity index (χ2v) is 13.1. The number of nitrogens with zero attached hydrogens (tertiary/aromatic N) is 3. The standard InChI is InChI=1S/C33H45N7O8/c1-18(2)11-22-29(43)37-23(12-20-9-7-6-8-10-20)33(47)40-14-21(35-31(45)27-28(19(3)4)48-17-34-27)13-25(40)30(44)38-24(16-41)32(46)39(5)15-26(42)36-22/h6-10,17-19,21-25,41H,11-16H2,1-5H3,(H,35,45)(H,36,42)(H,37,43)(H,38,44)/t21-,22-,23-,24-,25-/m0/s1. The summed E-state index contributed by atoms with van der Waals surface area (Å²) in [6.07, 6.45) is 1.48. The molecular formula is C33H45N7O8. The molecule has 1 aromatic carbocycles. The molecule has 4 rings (SSSR count). The molecule has 15 heteroatoms. The van der Waals surface area contributed by atoms with E-state index < -0.39 is 78.8 Å². The highest BCUT2D eigenvalue weighted by molar-refractivity contribution is 5.98. The quantitative estimate of drug-likeness (QED) is 0.251. The summed E-state index contributed by atoms with van der Waals surface area (Å²) >= 11 is 0. The van der Waals surface area contributed by atoms with Crippen LogP contribution in [0.4, 0.5) is 0 Å². The summed E-state index contributed by atoms with van der Waals surface area (Å²) in [6.45, 7) is 6.16. The number of benzene rings is 1.